The van der Waals surface area contributed by atoms with Crippen LogP contribution in [-0.4, -0.2) is 0 Å². The Hall–Kier alpha value is -5.46. The zero-order valence-corrected chi connectivity index (χ0v) is 23.2. The van der Waals surface area contributed by atoms with Crippen LogP contribution in [-0.2, 0) is 0 Å². The van der Waals surface area contributed by atoms with Crippen LogP contribution in [0.25, 0.3) is 76.8 Å². The number of hydrogen-bond acceptors (Lipinski definition) is 0. The van der Waals surface area contributed by atoms with Crippen LogP contribution in [0, 0.1) is 0 Å². The lowest BCUT2D eigenvalue weighted by Gasteiger charge is -2.14. The fraction of sp³-hybridized carbons (Fsp3) is 0. The molecule has 196 valence electrons. The second-order valence-electron chi connectivity index (χ2n) is 11.0. The first-order valence-electron chi connectivity index (χ1n) is 14.5. The Balaban J connectivity index is 1.28. The standard InChI is InChI=1S/C42H28/c1-3-9-29(10-4-1)31-15-17-32(18-16-31)35-21-23-39-38(26-35)28-41(33-12-5-2-6-13-33)42-27-37(22-24-40(39)42)36-20-19-30-11-7-8-14-34(30)25-36/h1-28H. The highest BCUT2D eigenvalue weighted by Gasteiger charge is 2.12. The van der Waals surface area contributed by atoms with Crippen molar-refractivity contribution in [1.29, 1.82) is 0 Å². The van der Waals surface area contributed by atoms with Crippen LogP contribution < -0.4 is 0 Å². The lowest BCUT2D eigenvalue weighted by atomic mass is 9.89. The molecule has 8 aromatic rings. The van der Waals surface area contributed by atoms with E-state index in [0.29, 0.717) is 0 Å². The van der Waals surface area contributed by atoms with Gasteiger partial charge in [-0.1, -0.05) is 146 Å². The third-order valence-corrected chi connectivity index (χ3v) is 8.44. The van der Waals surface area contributed by atoms with Crippen LogP contribution in [0.5, 0.6) is 0 Å². The molecule has 0 saturated carbocycles. The Labute approximate surface area is 246 Å². The maximum Gasteiger partial charge on any atom is -0.00928 e. The summed E-state index contributed by atoms with van der Waals surface area (Å²) in [5, 5.41) is 7.62. The Morgan fingerprint density at radius 2 is 0.690 bits per heavy atom. The predicted octanol–water partition coefficient (Wildman–Crippen LogP) is 11.8. The van der Waals surface area contributed by atoms with E-state index in [1.165, 1.54) is 76.8 Å². The SMILES string of the molecule is c1ccc(-c2ccc(-c3ccc4c(c3)cc(-c3ccccc3)c3cc(-c5ccc6ccccc6c5)ccc34)cc2)cc1. The minimum absolute atomic E-state index is 1.23. The summed E-state index contributed by atoms with van der Waals surface area (Å²) < 4.78 is 0. The van der Waals surface area contributed by atoms with Gasteiger partial charge in [0.2, 0.25) is 0 Å². The van der Waals surface area contributed by atoms with Crippen molar-refractivity contribution >= 4 is 32.3 Å². The minimum atomic E-state index is 1.23. The third kappa shape index (κ3) is 4.35. The van der Waals surface area contributed by atoms with E-state index < -0.39 is 0 Å². The third-order valence-electron chi connectivity index (χ3n) is 8.44. The molecule has 8 rings (SSSR count). The van der Waals surface area contributed by atoms with E-state index in [1.807, 2.05) is 0 Å². The molecule has 0 unspecified atom stereocenters. The van der Waals surface area contributed by atoms with Gasteiger partial charge in [0.25, 0.3) is 0 Å². The van der Waals surface area contributed by atoms with Gasteiger partial charge in [0.15, 0.2) is 0 Å². The van der Waals surface area contributed by atoms with Gasteiger partial charge in [0.1, 0.15) is 0 Å². The van der Waals surface area contributed by atoms with Gasteiger partial charge in [-0.3, -0.25) is 0 Å². The maximum atomic E-state index is 2.37. The molecule has 0 aliphatic carbocycles. The monoisotopic (exact) mass is 532 g/mol. The Morgan fingerprint density at radius 3 is 1.43 bits per heavy atom. The van der Waals surface area contributed by atoms with Crippen molar-refractivity contribution < 1.29 is 0 Å². The van der Waals surface area contributed by atoms with Gasteiger partial charge in [-0.25, -0.2) is 0 Å². The second-order valence-corrected chi connectivity index (χ2v) is 11.0. The molecule has 0 aliphatic rings. The zero-order valence-electron chi connectivity index (χ0n) is 23.2. The molecule has 0 aliphatic heterocycles. The summed E-state index contributed by atoms with van der Waals surface area (Å²) in [6.07, 6.45) is 0. The summed E-state index contributed by atoms with van der Waals surface area (Å²) in [6.45, 7) is 0. The van der Waals surface area contributed by atoms with Crippen molar-refractivity contribution in [2.45, 2.75) is 0 Å². The molecule has 0 amide bonds. The van der Waals surface area contributed by atoms with Crippen LogP contribution in [0.3, 0.4) is 0 Å². The average Bonchev–Trinajstić information content (AvgIpc) is 3.08. The first-order valence-corrected chi connectivity index (χ1v) is 14.5. The molecule has 0 atom stereocenters. The van der Waals surface area contributed by atoms with Gasteiger partial charge < -0.3 is 0 Å². The molecular formula is C42H28. The summed E-state index contributed by atoms with van der Waals surface area (Å²) in [5.74, 6) is 0. The van der Waals surface area contributed by atoms with Crippen LogP contribution in [0.2, 0.25) is 0 Å². The van der Waals surface area contributed by atoms with E-state index in [0.717, 1.165) is 0 Å². The van der Waals surface area contributed by atoms with Crippen molar-refractivity contribution in [3.63, 3.8) is 0 Å². The van der Waals surface area contributed by atoms with E-state index in [2.05, 4.69) is 170 Å². The predicted molar refractivity (Wildman–Crippen MR) is 181 cm³/mol. The first kappa shape index (κ1) is 24.3. The Bertz CT molecular complexity index is 2210. The van der Waals surface area contributed by atoms with Crippen molar-refractivity contribution in [2.75, 3.05) is 0 Å². The van der Waals surface area contributed by atoms with Crippen LogP contribution in [0.1, 0.15) is 0 Å². The molecule has 0 aromatic heterocycles. The molecule has 0 bridgehead atoms. The highest BCUT2D eigenvalue weighted by atomic mass is 14.2. The summed E-state index contributed by atoms with van der Waals surface area (Å²) in [4.78, 5) is 0. The van der Waals surface area contributed by atoms with Gasteiger partial charge in [-0.05, 0) is 101 Å². The van der Waals surface area contributed by atoms with Crippen LogP contribution >= 0.6 is 0 Å². The lowest BCUT2D eigenvalue weighted by molar-refractivity contribution is 1.60. The molecule has 0 N–H and O–H groups in total. The summed E-state index contributed by atoms with van der Waals surface area (Å²) in [7, 11) is 0. The van der Waals surface area contributed by atoms with Crippen LogP contribution in [0.4, 0.5) is 0 Å². The number of benzene rings is 8. The van der Waals surface area contributed by atoms with Gasteiger partial charge in [-0.2, -0.15) is 0 Å². The van der Waals surface area contributed by atoms with Crippen LogP contribution in [0.15, 0.2) is 170 Å². The molecular weight excluding hydrogens is 504 g/mol. The number of fused-ring (bicyclic) bond motifs is 4. The van der Waals surface area contributed by atoms with Crippen molar-refractivity contribution in [3.05, 3.63) is 170 Å². The van der Waals surface area contributed by atoms with Gasteiger partial charge in [-0.15, -0.1) is 0 Å². The van der Waals surface area contributed by atoms with Gasteiger partial charge >= 0.3 is 0 Å². The smallest absolute Gasteiger partial charge is 0.00928 e. The molecule has 0 saturated heterocycles. The number of hydrogen-bond donors (Lipinski definition) is 0. The molecule has 0 nitrogen and oxygen atoms in total. The van der Waals surface area contributed by atoms with E-state index in [1.54, 1.807) is 0 Å². The summed E-state index contributed by atoms with van der Waals surface area (Å²) >= 11 is 0. The molecule has 8 aromatic carbocycles. The van der Waals surface area contributed by atoms with E-state index >= 15 is 0 Å². The first-order chi connectivity index (χ1) is 20.8. The molecule has 0 radical (unpaired) electrons. The van der Waals surface area contributed by atoms with Gasteiger partial charge in [0.05, 0.1) is 0 Å². The Kier molecular flexibility index (Phi) is 5.90. The number of rotatable bonds is 4. The molecule has 42 heavy (non-hydrogen) atoms. The zero-order chi connectivity index (χ0) is 27.9. The Morgan fingerprint density at radius 1 is 0.214 bits per heavy atom. The summed E-state index contributed by atoms with van der Waals surface area (Å²) in [6, 6.07) is 61.8. The quantitative estimate of drug-likeness (QED) is 0.198. The van der Waals surface area contributed by atoms with Crippen molar-refractivity contribution in [1.82, 2.24) is 0 Å². The molecule has 0 heterocycles. The van der Waals surface area contributed by atoms with E-state index in [4.69, 9.17) is 0 Å². The highest BCUT2D eigenvalue weighted by Crippen LogP contribution is 2.39. The summed E-state index contributed by atoms with van der Waals surface area (Å²) in [5.41, 5.74) is 9.90. The van der Waals surface area contributed by atoms with E-state index in [-0.39, 0.29) is 0 Å². The van der Waals surface area contributed by atoms with Crippen molar-refractivity contribution in [3.8, 4) is 44.5 Å². The average molecular weight is 533 g/mol. The topological polar surface area (TPSA) is 0 Å². The highest BCUT2D eigenvalue weighted by molar-refractivity contribution is 6.15. The van der Waals surface area contributed by atoms with E-state index in [9.17, 15) is 0 Å². The fourth-order valence-electron chi connectivity index (χ4n) is 6.23. The molecule has 0 spiro atoms. The fourth-order valence-corrected chi connectivity index (χ4v) is 6.23. The second kappa shape index (κ2) is 10.2. The minimum Gasteiger partial charge on any atom is -0.0622 e. The normalized spacial score (nSPS) is 11.3. The van der Waals surface area contributed by atoms with Gasteiger partial charge in [0, 0.05) is 0 Å². The maximum absolute atomic E-state index is 2.37. The lowest BCUT2D eigenvalue weighted by Crippen LogP contribution is -1.88. The largest absolute Gasteiger partial charge is 0.0622 e. The van der Waals surface area contributed by atoms with Crippen molar-refractivity contribution in [2.24, 2.45) is 0 Å². The molecule has 0 heteroatoms. The molecule has 0 fully saturated rings.